The molecule has 1 saturated heterocycles. The highest BCUT2D eigenvalue weighted by Crippen LogP contribution is 2.28. The molecule has 0 amide bonds. The smallest absolute Gasteiger partial charge is 0.122 e. The lowest BCUT2D eigenvalue weighted by Crippen LogP contribution is -2.35. The molecule has 1 aliphatic heterocycles. The van der Waals surface area contributed by atoms with E-state index in [0.717, 1.165) is 55.4 Å². The Morgan fingerprint density at radius 3 is 2.57 bits per heavy atom. The van der Waals surface area contributed by atoms with Gasteiger partial charge in [-0.3, -0.25) is 9.88 Å². The normalized spacial score (nSPS) is 15.8. The topological polar surface area (TPSA) is 82.7 Å². The van der Waals surface area contributed by atoms with Gasteiger partial charge in [0.2, 0.25) is 0 Å². The number of aromatic amines is 2. The van der Waals surface area contributed by atoms with E-state index in [1.807, 2.05) is 18.3 Å². The fraction of sp³-hybridized carbons (Fsp3) is 0.312. The van der Waals surface area contributed by atoms with Crippen molar-refractivity contribution in [2.24, 2.45) is 0 Å². The zero-order valence-corrected chi connectivity index (χ0v) is 12.7. The largest absolute Gasteiger partial charge is 0.379 e. The summed E-state index contributed by atoms with van der Waals surface area (Å²) >= 11 is 0. The molecule has 118 valence electrons. The van der Waals surface area contributed by atoms with Crippen LogP contribution in [0.2, 0.25) is 0 Å². The summed E-state index contributed by atoms with van der Waals surface area (Å²) in [6, 6.07) is 6.00. The Balaban J connectivity index is 1.56. The van der Waals surface area contributed by atoms with Gasteiger partial charge in [0.25, 0.3) is 0 Å². The van der Waals surface area contributed by atoms with Crippen LogP contribution in [-0.4, -0.2) is 56.6 Å². The fourth-order valence-corrected chi connectivity index (χ4v) is 2.81. The van der Waals surface area contributed by atoms with E-state index in [9.17, 15) is 0 Å². The summed E-state index contributed by atoms with van der Waals surface area (Å²) in [5, 5.41) is 11.3. The maximum Gasteiger partial charge on any atom is 0.122 e. The number of rotatable bonds is 4. The van der Waals surface area contributed by atoms with Gasteiger partial charge in [-0.25, -0.2) is 0 Å². The average molecular weight is 310 g/mol. The minimum Gasteiger partial charge on any atom is -0.379 e. The first-order valence-corrected chi connectivity index (χ1v) is 7.69. The number of morpholine rings is 1. The molecule has 0 bridgehead atoms. The predicted octanol–water partition coefficient (Wildman–Crippen LogP) is 1.69. The van der Waals surface area contributed by atoms with Crippen molar-refractivity contribution in [2.45, 2.75) is 6.54 Å². The van der Waals surface area contributed by atoms with Gasteiger partial charge in [0.15, 0.2) is 0 Å². The Morgan fingerprint density at radius 1 is 1.04 bits per heavy atom. The van der Waals surface area contributed by atoms with Crippen molar-refractivity contribution in [3.63, 3.8) is 0 Å². The summed E-state index contributed by atoms with van der Waals surface area (Å²) in [6.07, 6.45) is 5.50. The highest BCUT2D eigenvalue weighted by Gasteiger charge is 2.16. The molecular weight excluding hydrogens is 292 g/mol. The van der Waals surface area contributed by atoms with Crippen molar-refractivity contribution in [3.05, 3.63) is 42.5 Å². The fourth-order valence-electron chi connectivity index (χ4n) is 2.81. The number of pyridine rings is 1. The second-order valence-corrected chi connectivity index (χ2v) is 5.56. The summed E-state index contributed by atoms with van der Waals surface area (Å²) in [5.74, 6) is 0. The van der Waals surface area contributed by atoms with E-state index in [2.05, 4.69) is 36.3 Å². The Bertz CT molecular complexity index is 760. The van der Waals surface area contributed by atoms with E-state index in [1.54, 1.807) is 12.4 Å². The lowest BCUT2D eigenvalue weighted by atomic mass is 10.1. The first kappa shape index (κ1) is 14.1. The zero-order chi connectivity index (χ0) is 15.5. The lowest BCUT2D eigenvalue weighted by Gasteiger charge is -2.25. The van der Waals surface area contributed by atoms with Gasteiger partial charge in [-0.1, -0.05) is 0 Å². The van der Waals surface area contributed by atoms with Crippen molar-refractivity contribution in [1.82, 2.24) is 30.3 Å². The number of H-pyrrole nitrogens is 2. The van der Waals surface area contributed by atoms with Crippen LogP contribution >= 0.6 is 0 Å². The summed E-state index contributed by atoms with van der Waals surface area (Å²) in [5.41, 5.74) is 4.89. The van der Waals surface area contributed by atoms with Crippen LogP contribution in [0.1, 0.15) is 5.69 Å². The minimum atomic E-state index is 0.809. The maximum atomic E-state index is 5.39. The molecule has 0 radical (unpaired) electrons. The molecule has 4 heterocycles. The van der Waals surface area contributed by atoms with Crippen molar-refractivity contribution < 1.29 is 4.74 Å². The highest BCUT2D eigenvalue weighted by molar-refractivity contribution is 5.77. The maximum absolute atomic E-state index is 5.39. The first-order valence-electron chi connectivity index (χ1n) is 7.69. The molecule has 7 nitrogen and oxygen atoms in total. The number of nitrogens with one attached hydrogen (secondary N) is 2. The van der Waals surface area contributed by atoms with Crippen LogP contribution in [-0.2, 0) is 11.3 Å². The van der Waals surface area contributed by atoms with Gasteiger partial charge in [-0.15, -0.1) is 0 Å². The van der Waals surface area contributed by atoms with Gasteiger partial charge in [0, 0.05) is 55.0 Å². The van der Waals surface area contributed by atoms with Crippen molar-refractivity contribution in [3.8, 4) is 22.5 Å². The molecule has 2 N–H and O–H groups in total. The van der Waals surface area contributed by atoms with Crippen molar-refractivity contribution >= 4 is 0 Å². The van der Waals surface area contributed by atoms with E-state index < -0.39 is 0 Å². The van der Waals surface area contributed by atoms with E-state index in [0.29, 0.717) is 0 Å². The Kier molecular flexibility index (Phi) is 3.87. The van der Waals surface area contributed by atoms with Crippen LogP contribution < -0.4 is 0 Å². The van der Waals surface area contributed by atoms with Gasteiger partial charge >= 0.3 is 0 Å². The molecule has 3 aromatic rings. The summed E-state index contributed by atoms with van der Waals surface area (Å²) in [4.78, 5) is 9.77. The minimum absolute atomic E-state index is 0.809. The highest BCUT2D eigenvalue weighted by atomic mass is 16.5. The molecule has 0 aromatic carbocycles. The van der Waals surface area contributed by atoms with Gasteiger partial charge in [-0.05, 0) is 18.2 Å². The van der Waals surface area contributed by atoms with Crippen LogP contribution in [0.3, 0.4) is 0 Å². The van der Waals surface area contributed by atoms with Crippen LogP contribution in [0.25, 0.3) is 22.5 Å². The average Bonchev–Trinajstić information content (AvgIpc) is 3.25. The predicted molar refractivity (Wildman–Crippen MR) is 85.5 cm³/mol. The molecule has 0 atom stereocenters. The summed E-state index contributed by atoms with van der Waals surface area (Å²) < 4.78 is 5.39. The van der Waals surface area contributed by atoms with Crippen LogP contribution in [0.4, 0.5) is 0 Å². The number of hydrogen-bond donors (Lipinski definition) is 2. The van der Waals surface area contributed by atoms with E-state index in [-0.39, 0.29) is 0 Å². The molecule has 3 aromatic heterocycles. The van der Waals surface area contributed by atoms with E-state index in [4.69, 9.17) is 4.74 Å². The third-order valence-electron chi connectivity index (χ3n) is 4.02. The SMILES string of the molecule is c1cc(-c2n[nH]nc2-c2c[nH]c(CN3CCOCC3)c2)ccn1. The van der Waals surface area contributed by atoms with E-state index >= 15 is 0 Å². The second-order valence-electron chi connectivity index (χ2n) is 5.56. The summed E-state index contributed by atoms with van der Waals surface area (Å²) in [6.45, 7) is 4.46. The van der Waals surface area contributed by atoms with Crippen LogP contribution in [0.5, 0.6) is 0 Å². The van der Waals surface area contributed by atoms with Gasteiger partial charge in [0.05, 0.1) is 13.2 Å². The third kappa shape index (κ3) is 3.01. The molecule has 0 spiro atoms. The Hall–Kier alpha value is -2.51. The molecular formula is C16H18N6O. The molecule has 0 unspecified atom stereocenters. The molecule has 23 heavy (non-hydrogen) atoms. The van der Waals surface area contributed by atoms with Crippen LogP contribution in [0, 0.1) is 0 Å². The van der Waals surface area contributed by atoms with Crippen molar-refractivity contribution in [1.29, 1.82) is 0 Å². The molecule has 1 fully saturated rings. The quantitative estimate of drug-likeness (QED) is 0.766. The standard InChI is InChI=1S/C16H18N6O/c1-3-17-4-2-12(1)15-16(20-21-19-15)13-9-14(18-10-13)11-22-5-7-23-8-6-22/h1-4,9-10,18H,5-8,11H2,(H,19,20,21). The molecule has 1 aliphatic rings. The third-order valence-corrected chi connectivity index (χ3v) is 4.02. The Morgan fingerprint density at radius 2 is 1.78 bits per heavy atom. The Labute approximate surface area is 133 Å². The van der Waals surface area contributed by atoms with Gasteiger partial charge in [0.1, 0.15) is 11.4 Å². The molecule has 7 heteroatoms. The van der Waals surface area contributed by atoms with Crippen molar-refractivity contribution in [2.75, 3.05) is 26.3 Å². The van der Waals surface area contributed by atoms with Gasteiger partial charge in [-0.2, -0.15) is 15.4 Å². The molecule has 4 rings (SSSR count). The van der Waals surface area contributed by atoms with Crippen LogP contribution in [0.15, 0.2) is 36.8 Å². The number of nitrogens with zero attached hydrogens (tertiary/aromatic N) is 4. The van der Waals surface area contributed by atoms with Gasteiger partial charge < -0.3 is 9.72 Å². The lowest BCUT2D eigenvalue weighted by molar-refractivity contribution is 0.0337. The zero-order valence-electron chi connectivity index (χ0n) is 12.7. The molecule has 0 saturated carbocycles. The monoisotopic (exact) mass is 310 g/mol. The first-order chi connectivity index (χ1) is 11.4. The number of ether oxygens (including phenoxy) is 1. The number of hydrogen-bond acceptors (Lipinski definition) is 5. The van der Waals surface area contributed by atoms with E-state index in [1.165, 1.54) is 5.69 Å². The summed E-state index contributed by atoms with van der Waals surface area (Å²) in [7, 11) is 0. The second kappa shape index (κ2) is 6.31. The number of aromatic nitrogens is 5. The molecule has 0 aliphatic carbocycles.